The van der Waals surface area contributed by atoms with Gasteiger partial charge in [0.15, 0.2) is 0 Å². The van der Waals surface area contributed by atoms with Crippen LogP contribution in [0, 0.1) is 0 Å². The van der Waals surface area contributed by atoms with Crippen molar-refractivity contribution < 1.29 is 4.74 Å². The molecule has 1 atom stereocenters. The van der Waals surface area contributed by atoms with Gasteiger partial charge in [0.25, 0.3) is 0 Å². The number of nitrogens with one attached hydrogen (secondary N) is 1. The lowest BCUT2D eigenvalue weighted by atomic mass is 9.85. The van der Waals surface area contributed by atoms with E-state index in [1.165, 1.54) is 42.0 Å². The summed E-state index contributed by atoms with van der Waals surface area (Å²) in [5.74, 6) is 3.08. The van der Waals surface area contributed by atoms with Crippen LogP contribution in [0.5, 0.6) is 0 Å². The molecule has 1 N–H and O–H groups in total. The molecule has 2 fully saturated rings. The molecule has 21 heavy (non-hydrogen) atoms. The van der Waals surface area contributed by atoms with Gasteiger partial charge in [-0.15, -0.1) is 0 Å². The lowest BCUT2D eigenvalue weighted by Gasteiger charge is -2.43. The summed E-state index contributed by atoms with van der Waals surface area (Å²) in [6.07, 6.45) is 4.74. The Balaban J connectivity index is 1.70. The molecule has 1 spiro atoms. The van der Waals surface area contributed by atoms with Crippen molar-refractivity contribution in [2.24, 2.45) is 0 Å². The molecule has 0 amide bonds. The van der Waals surface area contributed by atoms with Gasteiger partial charge >= 0.3 is 0 Å². The van der Waals surface area contributed by atoms with Crippen molar-refractivity contribution in [3.05, 3.63) is 29.8 Å². The molecule has 0 aliphatic carbocycles. The van der Waals surface area contributed by atoms with E-state index in [1.54, 1.807) is 0 Å². The third-order valence-electron chi connectivity index (χ3n) is 4.84. The fraction of sp³-hybridized carbons (Fsp3) is 0.667. The highest BCUT2D eigenvalue weighted by Gasteiger charge is 2.38. The Morgan fingerprint density at radius 2 is 2.00 bits per heavy atom. The van der Waals surface area contributed by atoms with Gasteiger partial charge < -0.3 is 10.1 Å². The van der Waals surface area contributed by atoms with E-state index < -0.39 is 0 Å². The second kappa shape index (κ2) is 6.62. The van der Waals surface area contributed by atoms with Crippen molar-refractivity contribution in [3.63, 3.8) is 0 Å². The SMILES string of the molecule is CC(C)c1ccccc1NC1CCOC2(CCSCC2)C1. The van der Waals surface area contributed by atoms with Crippen LogP contribution in [0.1, 0.15) is 51.0 Å². The van der Waals surface area contributed by atoms with Crippen molar-refractivity contribution in [2.45, 2.75) is 57.1 Å². The fourth-order valence-electron chi connectivity index (χ4n) is 3.59. The third-order valence-corrected chi connectivity index (χ3v) is 5.83. The van der Waals surface area contributed by atoms with Crippen molar-refractivity contribution in [1.29, 1.82) is 0 Å². The van der Waals surface area contributed by atoms with Crippen LogP contribution in [0.3, 0.4) is 0 Å². The molecular weight excluding hydrogens is 278 g/mol. The van der Waals surface area contributed by atoms with Gasteiger partial charge in [-0.05, 0) is 54.7 Å². The first-order valence-electron chi connectivity index (χ1n) is 8.26. The lowest BCUT2D eigenvalue weighted by Crippen LogP contribution is -2.46. The van der Waals surface area contributed by atoms with E-state index in [9.17, 15) is 0 Å². The summed E-state index contributed by atoms with van der Waals surface area (Å²) < 4.78 is 6.20. The van der Waals surface area contributed by atoms with Crippen LogP contribution in [0.25, 0.3) is 0 Å². The number of hydrogen-bond acceptors (Lipinski definition) is 3. The predicted molar refractivity (Wildman–Crippen MR) is 92.4 cm³/mol. The highest BCUT2D eigenvalue weighted by molar-refractivity contribution is 7.99. The van der Waals surface area contributed by atoms with E-state index in [1.807, 2.05) is 0 Å². The molecule has 116 valence electrons. The lowest BCUT2D eigenvalue weighted by molar-refractivity contribution is -0.0865. The second-order valence-corrected chi connectivity index (χ2v) is 7.94. The molecule has 1 aromatic rings. The fourth-order valence-corrected chi connectivity index (χ4v) is 4.83. The molecule has 1 aromatic carbocycles. The highest BCUT2D eigenvalue weighted by Crippen LogP contribution is 2.38. The van der Waals surface area contributed by atoms with Gasteiger partial charge in [0.1, 0.15) is 0 Å². The number of thioether (sulfide) groups is 1. The summed E-state index contributed by atoms with van der Waals surface area (Å²) in [5, 5.41) is 3.82. The average Bonchev–Trinajstić information content (AvgIpc) is 2.48. The predicted octanol–water partition coefficient (Wildman–Crippen LogP) is 4.67. The van der Waals surface area contributed by atoms with Crippen LogP contribution < -0.4 is 5.32 Å². The molecule has 1 unspecified atom stereocenters. The van der Waals surface area contributed by atoms with E-state index in [2.05, 4.69) is 55.2 Å². The minimum atomic E-state index is 0.161. The second-order valence-electron chi connectivity index (χ2n) is 6.72. The molecule has 2 aliphatic heterocycles. The Morgan fingerprint density at radius 1 is 1.24 bits per heavy atom. The summed E-state index contributed by atoms with van der Waals surface area (Å²) in [6, 6.07) is 9.32. The average molecular weight is 305 g/mol. The van der Waals surface area contributed by atoms with Gasteiger partial charge in [0.05, 0.1) is 5.60 Å². The Hall–Kier alpha value is -0.670. The van der Waals surface area contributed by atoms with Crippen molar-refractivity contribution in [3.8, 4) is 0 Å². The first kappa shape index (κ1) is 15.2. The Labute approximate surface area is 133 Å². The summed E-state index contributed by atoms with van der Waals surface area (Å²) in [7, 11) is 0. The summed E-state index contributed by atoms with van der Waals surface area (Å²) in [6.45, 7) is 5.45. The Kier molecular flexibility index (Phi) is 4.80. The van der Waals surface area contributed by atoms with Crippen LogP contribution in [0.15, 0.2) is 24.3 Å². The molecule has 3 rings (SSSR count). The summed E-state index contributed by atoms with van der Waals surface area (Å²) in [4.78, 5) is 0. The molecule has 3 heteroatoms. The molecule has 2 saturated heterocycles. The van der Waals surface area contributed by atoms with E-state index >= 15 is 0 Å². The van der Waals surface area contributed by atoms with Crippen molar-refractivity contribution in [1.82, 2.24) is 0 Å². The topological polar surface area (TPSA) is 21.3 Å². The highest BCUT2D eigenvalue weighted by atomic mass is 32.2. The van der Waals surface area contributed by atoms with Crippen molar-refractivity contribution >= 4 is 17.4 Å². The van der Waals surface area contributed by atoms with Crippen LogP contribution >= 0.6 is 11.8 Å². The minimum absolute atomic E-state index is 0.161. The standard InChI is InChI=1S/C18H27NOS/c1-14(2)16-5-3-4-6-17(16)19-15-7-10-20-18(13-15)8-11-21-12-9-18/h3-6,14-15,19H,7-13H2,1-2H3. The molecule has 2 heterocycles. The van der Waals surface area contributed by atoms with E-state index in [-0.39, 0.29) is 5.60 Å². The molecule has 0 saturated carbocycles. The number of rotatable bonds is 3. The van der Waals surface area contributed by atoms with Gasteiger partial charge in [0, 0.05) is 18.3 Å². The normalized spacial score (nSPS) is 25.2. The largest absolute Gasteiger partial charge is 0.382 e. The molecule has 0 bridgehead atoms. The molecule has 2 nitrogen and oxygen atoms in total. The molecule has 2 aliphatic rings. The van der Waals surface area contributed by atoms with Crippen LogP contribution in [-0.4, -0.2) is 29.8 Å². The van der Waals surface area contributed by atoms with E-state index in [0.29, 0.717) is 12.0 Å². The first-order chi connectivity index (χ1) is 10.2. The first-order valence-corrected chi connectivity index (χ1v) is 9.41. The zero-order chi connectivity index (χ0) is 14.7. The van der Waals surface area contributed by atoms with Crippen LogP contribution in [0.4, 0.5) is 5.69 Å². The Morgan fingerprint density at radius 3 is 2.76 bits per heavy atom. The van der Waals surface area contributed by atoms with Crippen LogP contribution in [-0.2, 0) is 4.74 Å². The maximum absolute atomic E-state index is 6.20. The van der Waals surface area contributed by atoms with Crippen LogP contribution in [0.2, 0.25) is 0 Å². The molecular formula is C18H27NOS. The maximum Gasteiger partial charge on any atom is 0.0717 e. The smallest absolute Gasteiger partial charge is 0.0717 e. The Bertz CT molecular complexity index is 463. The van der Waals surface area contributed by atoms with E-state index in [0.717, 1.165) is 13.0 Å². The molecule has 0 radical (unpaired) electrons. The van der Waals surface area contributed by atoms with Gasteiger partial charge in [-0.3, -0.25) is 0 Å². The zero-order valence-electron chi connectivity index (χ0n) is 13.2. The van der Waals surface area contributed by atoms with E-state index in [4.69, 9.17) is 4.74 Å². The van der Waals surface area contributed by atoms with Crippen molar-refractivity contribution in [2.75, 3.05) is 23.4 Å². The summed E-state index contributed by atoms with van der Waals surface area (Å²) >= 11 is 2.07. The van der Waals surface area contributed by atoms with Gasteiger partial charge in [-0.25, -0.2) is 0 Å². The number of benzene rings is 1. The maximum atomic E-state index is 6.20. The number of ether oxygens (including phenoxy) is 1. The van der Waals surface area contributed by atoms with Gasteiger partial charge in [-0.2, -0.15) is 11.8 Å². The monoisotopic (exact) mass is 305 g/mol. The third kappa shape index (κ3) is 3.57. The number of hydrogen-bond donors (Lipinski definition) is 1. The quantitative estimate of drug-likeness (QED) is 0.877. The number of anilines is 1. The van der Waals surface area contributed by atoms with Gasteiger partial charge in [-0.1, -0.05) is 32.0 Å². The number of para-hydroxylation sites is 1. The zero-order valence-corrected chi connectivity index (χ0v) is 14.0. The molecule has 0 aromatic heterocycles. The minimum Gasteiger partial charge on any atom is -0.382 e. The van der Waals surface area contributed by atoms with Gasteiger partial charge in [0.2, 0.25) is 0 Å². The summed E-state index contributed by atoms with van der Waals surface area (Å²) in [5.41, 5.74) is 2.91.